The third-order valence-corrected chi connectivity index (χ3v) is 5.89. The van der Waals surface area contributed by atoms with Gasteiger partial charge in [-0.2, -0.15) is 11.3 Å². The van der Waals surface area contributed by atoms with Crippen LogP contribution in [0.15, 0.2) is 16.8 Å². The molecule has 1 unspecified atom stereocenters. The number of carbonyl (C=O) groups excluding carboxylic acids is 1. The standard InChI is InChI=1S/C17H24N6OS/c24-16(12-23-17(18-19-20-23)14-6-10-25-13-14)22-9-4-5-15(22)11-21-7-2-1-3-8-21/h6,10,13,15H,1-5,7-9,11-12H2. The van der Waals surface area contributed by atoms with Crippen molar-refractivity contribution in [1.29, 1.82) is 0 Å². The summed E-state index contributed by atoms with van der Waals surface area (Å²) in [5.74, 6) is 0.796. The second-order valence-corrected chi connectivity index (χ2v) is 7.70. The Hall–Kier alpha value is -1.80. The molecule has 4 rings (SSSR count). The second-order valence-electron chi connectivity index (χ2n) is 6.92. The number of hydrogen-bond acceptors (Lipinski definition) is 6. The van der Waals surface area contributed by atoms with Crippen LogP contribution >= 0.6 is 11.3 Å². The van der Waals surface area contributed by atoms with E-state index in [0.29, 0.717) is 11.9 Å². The van der Waals surface area contributed by atoms with Gasteiger partial charge in [-0.3, -0.25) is 4.79 Å². The molecule has 25 heavy (non-hydrogen) atoms. The minimum atomic E-state index is 0.128. The van der Waals surface area contributed by atoms with Crippen molar-refractivity contribution in [2.45, 2.75) is 44.7 Å². The number of piperidine rings is 1. The first-order chi connectivity index (χ1) is 12.3. The van der Waals surface area contributed by atoms with Gasteiger partial charge in [0.1, 0.15) is 6.54 Å². The van der Waals surface area contributed by atoms with Gasteiger partial charge in [-0.05, 0) is 60.6 Å². The summed E-state index contributed by atoms with van der Waals surface area (Å²) in [5, 5.41) is 15.9. The van der Waals surface area contributed by atoms with E-state index in [2.05, 4.69) is 20.4 Å². The number of rotatable bonds is 5. The number of carbonyl (C=O) groups is 1. The maximum atomic E-state index is 12.9. The molecule has 2 aromatic heterocycles. The van der Waals surface area contributed by atoms with E-state index in [0.717, 1.165) is 31.5 Å². The van der Waals surface area contributed by atoms with Gasteiger partial charge in [0.25, 0.3) is 0 Å². The van der Waals surface area contributed by atoms with Crippen LogP contribution < -0.4 is 0 Å². The molecule has 134 valence electrons. The highest BCUT2D eigenvalue weighted by Crippen LogP contribution is 2.22. The van der Waals surface area contributed by atoms with Gasteiger partial charge in [0.2, 0.25) is 5.91 Å². The van der Waals surface area contributed by atoms with E-state index < -0.39 is 0 Å². The number of amides is 1. The topological polar surface area (TPSA) is 67.2 Å². The van der Waals surface area contributed by atoms with E-state index in [1.54, 1.807) is 16.0 Å². The molecule has 2 aliphatic rings. The lowest BCUT2D eigenvalue weighted by atomic mass is 10.1. The van der Waals surface area contributed by atoms with Crippen LogP contribution in [0.4, 0.5) is 0 Å². The van der Waals surface area contributed by atoms with Gasteiger partial charge >= 0.3 is 0 Å². The lowest BCUT2D eigenvalue weighted by Gasteiger charge is -2.33. The fourth-order valence-electron chi connectivity index (χ4n) is 3.92. The number of aromatic nitrogens is 4. The molecule has 0 saturated carbocycles. The van der Waals surface area contributed by atoms with Crippen molar-refractivity contribution in [3.63, 3.8) is 0 Å². The van der Waals surface area contributed by atoms with Gasteiger partial charge in [0, 0.05) is 30.1 Å². The average molecular weight is 360 g/mol. The van der Waals surface area contributed by atoms with Crippen LogP contribution in [0.5, 0.6) is 0 Å². The molecular formula is C17H24N6OS. The van der Waals surface area contributed by atoms with E-state index in [-0.39, 0.29) is 12.5 Å². The minimum absolute atomic E-state index is 0.128. The normalized spacial score (nSPS) is 21.8. The molecule has 8 heteroatoms. The van der Waals surface area contributed by atoms with Crippen molar-refractivity contribution < 1.29 is 4.79 Å². The van der Waals surface area contributed by atoms with Crippen LogP contribution in [-0.4, -0.2) is 68.1 Å². The molecule has 1 atom stereocenters. The summed E-state index contributed by atoms with van der Waals surface area (Å²) in [6.45, 7) is 4.43. The predicted molar refractivity (Wildman–Crippen MR) is 96.2 cm³/mol. The van der Waals surface area contributed by atoms with Crippen LogP contribution in [0.2, 0.25) is 0 Å². The average Bonchev–Trinajstić information content (AvgIpc) is 3.37. The molecular weight excluding hydrogens is 336 g/mol. The fraction of sp³-hybridized carbons (Fsp3) is 0.647. The van der Waals surface area contributed by atoms with Gasteiger partial charge in [-0.25, -0.2) is 4.68 Å². The monoisotopic (exact) mass is 360 g/mol. The van der Waals surface area contributed by atoms with E-state index >= 15 is 0 Å². The molecule has 4 heterocycles. The van der Waals surface area contributed by atoms with Crippen LogP contribution in [0, 0.1) is 0 Å². The molecule has 0 radical (unpaired) electrons. The summed E-state index contributed by atoms with van der Waals surface area (Å²) in [5.41, 5.74) is 0.967. The molecule has 0 aromatic carbocycles. The van der Waals surface area contributed by atoms with Crippen molar-refractivity contribution >= 4 is 17.2 Å². The highest BCUT2D eigenvalue weighted by atomic mass is 32.1. The van der Waals surface area contributed by atoms with Crippen molar-refractivity contribution in [2.75, 3.05) is 26.2 Å². The van der Waals surface area contributed by atoms with E-state index in [1.165, 1.54) is 32.4 Å². The lowest BCUT2D eigenvalue weighted by Crippen LogP contribution is -2.45. The summed E-state index contributed by atoms with van der Waals surface area (Å²) in [6, 6.07) is 2.32. The lowest BCUT2D eigenvalue weighted by molar-refractivity contribution is -0.133. The third-order valence-electron chi connectivity index (χ3n) is 5.21. The van der Waals surface area contributed by atoms with Gasteiger partial charge in [-0.15, -0.1) is 5.10 Å². The van der Waals surface area contributed by atoms with Crippen molar-refractivity contribution in [1.82, 2.24) is 30.0 Å². The molecule has 0 bridgehead atoms. The Balaban J connectivity index is 1.41. The Morgan fingerprint density at radius 1 is 1.20 bits per heavy atom. The number of tetrazole rings is 1. The zero-order valence-electron chi connectivity index (χ0n) is 14.4. The Kier molecular flexibility index (Phi) is 5.07. The predicted octanol–water partition coefficient (Wildman–Crippen LogP) is 1.88. The maximum Gasteiger partial charge on any atom is 0.244 e. The Bertz CT molecular complexity index is 694. The van der Waals surface area contributed by atoms with Crippen molar-refractivity contribution in [3.05, 3.63) is 16.8 Å². The number of hydrogen-bond donors (Lipinski definition) is 0. The summed E-state index contributed by atoms with van der Waals surface area (Å²) >= 11 is 1.60. The zero-order chi connectivity index (χ0) is 17.1. The molecule has 2 aliphatic heterocycles. The van der Waals surface area contributed by atoms with Crippen LogP contribution in [0.3, 0.4) is 0 Å². The number of nitrogens with zero attached hydrogens (tertiary/aromatic N) is 6. The maximum absolute atomic E-state index is 12.9. The molecule has 2 saturated heterocycles. The van der Waals surface area contributed by atoms with E-state index in [9.17, 15) is 4.79 Å². The molecule has 0 spiro atoms. The minimum Gasteiger partial charge on any atom is -0.337 e. The first kappa shape index (κ1) is 16.7. The summed E-state index contributed by atoms with van der Waals surface area (Å²) in [4.78, 5) is 17.5. The van der Waals surface area contributed by atoms with Crippen molar-refractivity contribution in [3.8, 4) is 11.4 Å². The largest absolute Gasteiger partial charge is 0.337 e. The highest BCUT2D eigenvalue weighted by Gasteiger charge is 2.31. The van der Waals surface area contributed by atoms with Crippen LogP contribution in [0.1, 0.15) is 32.1 Å². The molecule has 0 aliphatic carbocycles. The smallest absolute Gasteiger partial charge is 0.244 e. The van der Waals surface area contributed by atoms with E-state index in [4.69, 9.17) is 0 Å². The SMILES string of the molecule is O=C(Cn1nnnc1-c1ccsc1)N1CCCC1CN1CCCCC1. The van der Waals surface area contributed by atoms with Gasteiger partial charge in [-0.1, -0.05) is 6.42 Å². The zero-order valence-corrected chi connectivity index (χ0v) is 15.2. The fourth-order valence-corrected chi connectivity index (χ4v) is 4.56. The Labute approximate surface area is 151 Å². The highest BCUT2D eigenvalue weighted by molar-refractivity contribution is 7.08. The van der Waals surface area contributed by atoms with Gasteiger partial charge in [0.05, 0.1) is 0 Å². The Morgan fingerprint density at radius 2 is 2.08 bits per heavy atom. The third kappa shape index (κ3) is 3.74. The second kappa shape index (κ2) is 7.61. The molecule has 7 nitrogen and oxygen atoms in total. The first-order valence-electron chi connectivity index (χ1n) is 9.12. The summed E-state index contributed by atoms with van der Waals surface area (Å²) < 4.78 is 1.63. The van der Waals surface area contributed by atoms with Crippen molar-refractivity contribution in [2.24, 2.45) is 0 Å². The van der Waals surface area contributed by atoms with Crippen LogP contribution in [-0.2, 0) is 11.3 Å². The quantitative estimate of drug-likeness (QED) is 0.814. The van der Waals surface area contributed by atoms with Crippen LogP contribution in [0.25, 0.3) is 11.4 Å². The number of likely N-dealkylation sites (tertiary alicyclic amines) is 2. The summed E-state index contributed by atoms with van der Waals surface area (Å²) in [6.07, 6.45) is 6.12. The first-order valence-corrected chi connectivity index (χ1v) is 10.1. The molecule has 1 amide bonds. The molecule has 2 aromatic rings. The Morgan fingerprint density at radius 3 is 2.88 bits per heavy atom. The van der Waals surface area contributed by atoms with Gasteiger partial charge in [0.15, 0.2) is 5.82 Å². The number of thiophene rings is 1. The summed E-state index contributed by atoms with van der Waals surface area (Å²) in [7, 11) is 0. The van der Waals surface area contributed by atoms with Gasteiger partial charge < -0.3 is 9.80 Å². The van der Waals surface area contributed by atoms with E-state index in [1.807, 2.05) is 21.7 Å². The molecule has 0 N–H and O–H groups in total. The molecule has 2 fully saturated rings.